The van der Waals surface area contributed by atoms with Gasteiger partial charge in [0.1, 0.15) is 5.82 Å². The Kier molecular flexibility index (Phi) is 4.84. The molecule has 21 heavy (non-hydrogen) atoms. The number of anilines is 2. The Morgan fingerprint density at radius 1 is 1.38 bits per heavy atom. The summed E-state index contributed by atoms with van der Waals surface area (Å²) in [5.74, 6) is 5.07. The number of hydrogen-bond donors (Lipinski definition) is 3. The first-order valence-electron chi connectivity index (χ1n) is 6.76. The van der Waals surface area contributed by atoms with Crippen LogP contribution < -0.4 is 16.2 Å². The molecule has 6 nitrogen and oxygen atoms in total. The third-order valence-corrected chi connectivity index (χ3v) is 3.52. The van der Waals surface area contributed by atoms with Crippen molar-refractivity contribution in [3.63, 3.8) is 0 Å². The second kappa shape index (κ2) is 6.44. The lowest BCUT2D eigenvalue weighted by Crippen LogP contribution is -2.41. The first-order chi connectivity index (χ1) is 9.95. The molecule has 0 bridgehead atoms. The average Bonchev–Trinajstić information content (AvgIpc) is 2.47. The highest BCUT2D eigenvalue weighted by molar-refractivity contribution is 5.46. The number of hydrazine groups is 1. The van der Waals surface area contributed by atoms with Crippen molar-refractivity contribution < 1.29 is 18.3 Å². The molecule has 1 fully saturated rings. The minimum Gasteiger partial charge on any atom is -0.396 e. The van der Waals surface area contributed by atoms with E-state index in [1.54, 1.807) is 4.90 Å². The van der Waals surface area contributed by atoms with Gasteiger partial charge in [0.05, 0.1) is 0 Å². The molecule has 9 heteroatoms. The van der Waals surface area contributed by atoms with Gasteiger partial charge in [-0.3, -0.25) is 5.43 Å². The summed E-state index contributed by atoms with van der Waals surface area (Å²) >= 11 is 0. The molecule has 1 aromatic heterocycles. The van der Waals surface area contributed by atoms with Gasteiger partial charge in [-0.25, -0.2) is 10.8 Å². The van der Waals surface area contributed by atoms with E-state index in [9.17, 15) is 13.2 Å². The van der Waals surface area contributed by atoms with Gasteiger partial charge in [0.25, 0.3) is 0 Å². The lowest BCUT2D eigenvalue weighted by molar-refractivity contribution is -0.141. The molecule has 1 aliphatic heterocycles. The summed E-state index contributed by atoms with van der Waals surface area (Å²) in [6.07, 6.45) is -1.39. The smallest absolute Gasteiger partial charge is 0.396 e. The summed E-state index contributed by atoms with van der Waals surface area (Å²) in [5.41, 5.74) is 1.03. The molecule has 2 rings (SSSR count). The molecule has 4 N–H and O–H groups in total. The lowest BCUT2D eigenvalue weighted by Gasteiger charge is -2.36. The number of rotatable bonds is 4. The third-order valence-electron chi connectivity index (χ3n) is 3.52. The van der Waals surface area contributed by atoms with Crippen molar-refractivity contribution in [2.24, 2.45) is 5.84 Å². The van der Waals surface area contributed by atoms with Crippen molar-refractivity contribution in [2.75, 3.05) is 23.5 Å². The number of nitrogens with one attached hydrogen (secondary N) is 1. The van der Waals surface area contributed by atoms with Crippen molar-refractivity contribution in [3.05, 3.63) is 11.8 Å². The fourth-order valence-corrected chi connectivity index (χ4v) is 2.54. The van der Waals surface area contributed by atoms with Gasteiger partial charge in [-0.15, -0.1) is 0 Å². The Morgan fingerprint density at radius 2 is 2.14 bits per heavy atom. The van der Waals surface area contributed by atoms with Crippen molar-refractivity contribution in [1.82, 2.24) is 9.97 Å². The van der Waals surface area contributed by atoms with Crippen LogP contribution in [0.2, 0.25) is 0 Å². The molecule has 1 aromatic rings. The normalized spacial score (nSPS) is 19.7. The van der Waals surface area contributed by atoms with Crippen LogP contribution in [0.15, 0.2) is 6.07 Å². The molecule has 1 saturated heterocycles. The number of aliphatic hydroxyl groups is 1. The summed E-state index contributed by atoms with van der Waals surface area (Å²) in [6.45, 7) is 0.587. The van der Waals surface area contributed by atoms with Gasteiger partial charge in [-0.05, 0) is 25.7 Å². The minimum absolute atomic E-state index is 0.0135. The highest BCUT2D eigenvalue weighted by Crippen LogP contribution is 2.32. The van der Waals surface area contributed by atoms with Crippen LogP contribution in [0.3, 0.4) is 0 Å². The van der Waals surface area contributed by atoms with E-state index >= 15 is 0 Å². The predicted octanol–water partition coefficient (Wildman–Crippen LogP) is 1.52. The molecule has 0 saturated carbocycles. The second-order valence-corrected chi connectivity index (χ2v) is 4.93. The molecule has 2 heterocycles. The first-order valence-corrected chi connectivity index (χ1v) is 6.76. The highest BCUT2D eigenvalue weighted by Gasteiger charge is 2.35. The second-order valence-electron chi connectivity index (χ2n) is 4.93. The Morgan fingerprint density at radius 3 is 2.76 bits per heavy atom. The Labute approximate surface area is 120 Å². The van der Waals surface area contributed by atoms with Crippen LogP contribution in [0.1, 0.15) is 31.4 Å². The molecular formula is C12H18F3N5O. The van der Waals surface area contributed by atoms with Gasteiger partial charge in [0.15, 0.2) is 5.69 Å². The molecule has 1 aliphatic rings. The number of nitrogens with zero attached hydrogens (tertiary/aromatic N) is 3. The van der Waals surface area contributed by atoms with E-state index in [4.69, 9.17) is 10.9 Å². The van der Waals surface area contributed by atoms with Crippen LogP contribution in [0, 0.1) is 0 Å². The van der Waals surface area contributed by atoms with E-state index in [2.05, 4.69) is 15.4 Å². The van der Waals surface area contributed by atoms with E-state index in [0.29, 0.717) is 13.0 Å². The maximum absolute atomic E-state index is 12.9. The molecule has 1 atom stereocenters. The summed E-state index contributed by atoms with van der Waals surface area (Å²) in [5, 5.41) is 9.10. The van der Waals surface area contributed by atoms with Gasteiger partial charge >= 0.3 is 6.18 Å². The van der Waals surface area contributed by atoms with Crippen LogP contribution in [-0.4, -0.2) is 34.3 Å². The van der Waals surface area contributed by atoms with Crippen molar-refractivity contribution >= 4 is 11.8 Å². The molecule has 0 radical (unpaired) electrons. The van der Waals surface area contributed by atoms with Crippen LogP contribution >= 0.6 is 0 Å². The summed E-state index contributed by atoms with van der Waals surface area (Å²) in [4.78, 5) is 9.15. The topological polar surface area (TPSA) is 87.3 Å². The maximum Gasteiger partial charge on any atom is 0.433 e. The monoisotopic (exact) mass is 305 g/mol. The van der Waals surface area contributed by atoms with Crippen LogP contribution in [0.5, 0.6) is 0 Å². The largest absolute Gasteiger partial charge is 0.433 e. The van der Waals surface area contributed by atoms with E-state index in [1.165, 1.54) is 0 Å². The van der Waals surface area contributed by atoms with Crippen molar-refractivity contribution in [1.29, 1.82) is 0 Å². The zero-order valence-electron chi connectivity index (χ0n) is 11.4. The molecule has 1 unspecified atom stereocenters. The molecule has 0 amide bonds. The number of hydrogen-bond acceptors (Lipinski definition) is 6. The summed E-state index contributed by atoms with van der Waals surface area (Å²) < 4.78 is 38.6. The molecule has 118 valence electrons. The van der Waals surface area contributed by atoms with Crippen molar-refractivity contribution in [3.8, 4) is 0 Å². The quantitative estimate of drug-likeness (QED) is 0.577. The van der Waals surface area contributed by atoms with Gasteiger partial charge in [0, 0.05) is 25.3 Å². The molecule has 0 spiro atoms. The van der Waals surface area contributed by atoms with Gasteiger partial charge in [0.2, 0.25) is 5.95 Å². The van der Waals surface area contributed by atoms with Gasteiger partial charge < -0.3 is 10.0 Å². The minimum atomic E-state index is -4.56. The van der Waals surface area contributed by atoms with Gasteiger partial charge in [-0.1, -0.05) is 0 Å². The predicted molar refractivity (Wildman–Crippen MR) is 71.5 cm³/mol. The Balaban J connectivity index is 2.36. The number of piperidine rings is 1. The van der Waals surface area contributed by atoms with E-state index in [-0.39, 0.29) is 24.4 Å². The van der Waals surface area contributed by atoms with Crippen LogP contribution in [0.4, 0.5) is 24.9 Å². The Bertz CT molecular complexity index is 480. The number of alkyl halides is 3. The van der Waals surface area contributed by atoms with Crippen LogP contribution in [-0.2, 0) is 6.18 Å². The third kappa shape index (κ3) is 3.73. The Hall–Kier alpha value is -1.61. The number of nitrogens with two attached hydrogens (primary N) is 1. The highest BCUT2D eigenvalue weighted by atomic mass is 19.4. The van der Waals surface area contributed by atoms with E-state index in [1.807, 2.05) is 0 Å². The molecular weight excluding hydrogens is 287 g/mol. The zero-order chi connectivity index (χ0) is 15.5. The SMILES string of the molecule is NNc1nc(N2CCCCC2CCO)cc(C(F)(F)F)n1. The van der Waals surface area contributed by atoms with Gasteiger partial charge in [-0.2, -0.15) is 18.2 Å². The van der Waals surface area contributed by atoms with Crippen molar-refractivity contribution in [2.45, 2.75) is 37.9 Å². The fraction of sp³-hybridized carbons (Fsp3) is 0.667. The maximum atomic E-state index is 12.9. The average molecular weight is 305 g/mol. The summed E-state index contributed by atoms with van der Waals surface area (Å²) in [7, 11) is 0. The lowest BCUT2D eigenvalue weighted by atomic mass is 9.99. The molecule has 0 aromatic carbocycles. The fourth-order valence-electron chi connectivity index (χ4n) is 2.54. The number of aromatic nitrogens is 2. The number of aliphatic hydroxyl groups excluding tert-OH is 1. The van der Waals surface area contributed by atoms with E-state index < -0.39 is 11.9 Å². The van der Waals surface area contributed by atoms with Crippen LogP contribution in [0.25, 0.3) is 0 Å². The summed E-state index contributed by atoms with van der Waals surface area (Å²) in [6, 6.07) is 0.904. The molecule has 0 aliphatic carbocycles. The van der Waals surface area contributed by atoms with E-state index in [0.717, 1.165) is 25.3 Å². The number of halogens is 3. The first kappa shape index (κ1) is 15.8. The standard InChI is InChI=1S/C12H18F3N5O/c13-12(14,15)9-7-10(18-11(17-9)19-16)20-5-2-1-3-8(20)4-6-21/h7-8,21H,1-6,16H2,(H,17,18,19). The zero-order valence-corrected chi connectivity index (χ0v) is 11.4. The number of nitrogen functional groups attached to an aromatic ring is 1.